The summed E-state index contributed by atoms with van der Waals surface area (Å²) in [6.45, 7) is 3.76. The van der Waals surface area contributed by atoms with E-state index in [0.29, 0.717) is 11.5 Å². The Morgan fingerprint density at radius 2 is 1.81 bits per heavy atom. The number of amides is 1. The van der Waals surface area contributed by atoms with Gasteiger partial charge in [-0.1, -0.05) is 12.1 Å². The lowest BCUT2D eigenvalue weighted by atomic mass is 10.0. The van der Waals surface area contributed by atoms with Crippen molar-refractivity contribution in [3.05, 3.63) is 71.2 Å². The number of halogens is 1. The number of rotatable bonds is 2. The molecule has 1 amide bonds. The van der Waals surface area contributed by atoms with Gasteiger partial charge >= 0.3 is 0 Å². The first kappa shape index (κ1) is 17.6. The van der Waals surface area contributed by atoms with E-state index in [1.165, 1.54) is 23.9 Å². The minimum Gasteiger partial charge on any atom is -0.508 e. The summed E-state index contributed by atoms with van der Waals surface area (Å²) in [6, 6.07) is 13.0. The summed E-state index contributed by atoms with van der Waals surface area (Å²) >= 11 is 1.54. The number of fused-ring (bicyclic) bond motifs is 1. The molecule has 0 aliphatic carbocycles. The first-order chi connectivity index (χ1) is 12.9. The van der Waals surface area contributed by atoms with Gasteiger partial charge in [0.05, 0.1) is 21.9 Å². The number of phenolic OH excluding ortho intramolecular Hbond substituents is 1. The largest absolute Gasteiger partial charge is 0.508 e. The fourth-order valence-corrected chi connectivity index (χ4v) is 4.51. The number of phenols is 1. The molecule has 138 valence electrons. The fraction of sp³-hybridized carbons (Fsp3) is 0.200. The summed E-state index contributed by atoms with van der Waals surface area (Å²) in [5.41, 5.74) is 3.34. The van der Waals surface area contributed by atoms with Crippen molar-refractivity contribution in [2.75, 3.05) is 5.32 Å². The van der Waals surface area contributed by atoms with Crippen LogP contribution in [0.5, 0.6) is 5.75 Å². The molecule has 1 aliphatic heterocycles. The van der Waals surface area contributed by atoms with Gasteiger partial charge in [0, 0.05) is 5.56 Å². The van der Waals surface area contributed by atoms with Crippen molar-refractivity contribution >= 4 is 23.5 Å². The van der Waals surface area contributed by atoms with Crippen molar-refractivity contribution in [2.45, 2.75) is 24.3 Å². The highest BCUT2D eigenvalue weighted by Gasteiger charge is 2.34. The lowest BCUT2D eigenvalue weighted by Gasteiger charge is -2.17. The first-order valence-electron chi connectivity index (χ1n) is 8.55. The molecule has 2 atom stereocenters. The summed E-state index contributed by atoms with van der Waals surface area (Å²) in [6.07, 6.45) is 0. The second-order valence-electron chi connectivity index (χ2n) is 6.48. The molecule has 0 bridgehead atoms. The van der Waals surface area contributed by atoms with Gasteiger partial charge in [0.2, 0.25) is 5.91 Å². The van der Waals surface area contributed by atoms with Crippen LogP contribution in [0.1, 0.15) is 29.0 Å². The molecular weight excluding hydrogens is 365 g/mol. The summed E-state index contributed by atoms with van der Waals surface area (Å²) < 4.78 is 15.0. The number of nitrogens with zero attached hydrogens (tertiary/aromatic N) is 2. The van der Waals surface area contributed by atoms with Gasteiger partial charge in [-0.3, -0.25) is 4.79 Å². The number of anilines is 1. The predicted molar refractivity (Wildman–Crippen MR) is 104 cm³/mol. The smallest absolute Gasteiger partial charge is 0.238 e. The van der Waals surface area contributed by atoms with Crippen LogP contribution in [0.25, 0.3) is 5.69 Å². The lowest BCUT2D eigenvalue weighted by Crippen LogP contribution is -2.22. The molecule has 1 aromatic heterocycles. The maximum absolute atomic E-state index is 13.3. The van der Waals surface area contributed by atoms with Crippen LogP contribution in [0.15, 0.2) is 48.5 Å². The van der Waals surface area contributed by atoms with Crippen LogP contribution in [0.4, 0.5) is 10.2 Å². The van der Waals surface area contributed by atoms with E-state index in [-0.39, 0.29) is 28.0 Å². The summed E-state index contributed by atoms with van der Waals surface area (Å²) in [5.74, 6) is 0.354. The van der Waals surface area contributed by atoms with E-state index < -0.39 is 0 Å². The molecule has 0 spiro atoms. The number of hydrogen-bond acceptors (Lipinski definition) is 4. The zero-order valence-electron chi connectivity index (χ0n) is 14.8. The monoisotopic (exact) mass is 383 g/mol. The average molecular weight is 383 g/mol. The zero-order chi connectivity index (χ0) is 19.1. The van der Waals surface area contributed by atoms with Crippen molar-refractivity contribution in [2.24, 2.45) is 0 Å². The van der Waals surface area contributed by atoms with Crippen molar-refractivity contribution < 1.29 is 14.3 Å². The SMILES string of the molecule is Cc1nn(-c2ccc(F)cc2)c2c1[C@H](c1ccc(O)cc1)S[C@H](C)C(=O)N2. The molecule has 2 heterocycles. The number of hydrogen-bond donors (Lipinski definition) is 2. The molecule has 1 aliphatic rings. The molecule has 7 heteroatoms. The van der Waals surface area contributed by atoms with Gasteiger partial charge in [0.15, 0.2) is 0 Å². The number of carbonyl (C=O) groups excluding carboxylic acids is 1. The molecule has 0 saturated heterocycles. The molecule has 2 N–H and O–H groups in total. The maximum Gasteiger partial charge on any atom is 0.238 e. The van der Waals surface area contributed by atoms with Crippen LogP contribution in [0, 0.1) is 12.7 Å². The topological polar surface area (TPSA) is 67.1 Å². The zero-order valence-corrected chi connectivity index (χ0v) is 15.6. The van der Waals surface area contributed by atoms with Gasteiger partial charge in [-0.15, -0.1) is 11.8 Å². The third kappa shape index (κ3) is 3.19. The Hall–Kier alpha value is -2.80. The van der Waals surface area contributed by atoms with Gasteiger partial charge in [0.1, 0.15) is 17.4 Å². The third-order valence-corrected chi connectivity index (χ3v) is 5.99. The van der Waals surface area contributed by atoms with Crippen molar-refractivity contribution in [1.29, 1.82) is 0 Å². The van der Waals surface area contributed by atoms with E-state index in [2.05, 4.69) is 10.4 Å². The molecule has 3 aromatic rings. The second-order valence-corrected chi connectivity index (χ2v) is 7.93. The predicted octanol–water partition coefficient (Wildman–Crippen LogP) is 4.19. The Bertz CT molecular complexity index is 999. The first-order valence-corrected chi connectivity index (χ1v) is 9.49. The number of carbonyl (C=O) groups is 1. The number of aromatic nitrogens is 2. The van der Waals surface area contributed by atoms with Crippen molar-refractivity contribution in [3.8, 4) is 11.4 Å². The van der Waals surface area contributed by atoms with Crippen LogP contribution in [0.2, 0.25) is 0 Å². The van der Waals surface area contributed by atoms with Gasteiger partial charge in [-0.2, -0.15) is 5.10 Å². The highest BCUT2D eigenvalue weighted by atomic mass is 32.2. The standard InChI is InChI=1S/C20H18FN3O2S/c1-11-17-18(13-3-9-16(25)10-4-13)27-12(2)20(26)22-19(17)24(23-11)15-7-5-14(21)6-8-15/h3-10,12,18,25H,1-2H3,(H,22,26)/t12-,18+/m1/s1. The van der Waals surface area contributed by atoms with Crippen molar-refractivity contribution in [3.63, 3.8) is 0 Å². The van der Waals surface area contributed by atoms with E-state index in [4.69, 9.17) is 0 Å². The molecule has 0 saturated carbocycles. The quantitative estimate of drug-likeness (QED) is 0.696. The van der Waals surface area contributed by atoms with Gasteiger partial charge in [-0.25, -0.2) is 9.07 Å². The number of nitrogens with one attached hydrogen (secondary N) is 1. The molecule has 0 unspecified atom stereocenters. The molecule has 27 heavy (non-hydrogen) atoms. The number of aromatic hydroxyl groups is 1. The lowest BCUT2D eigenvalue weighted by molar-refractivity contribution is -0.115. The average Bonchev–Trinajstić information content (AvgIpc) is 2.89. The van der Waals surface area contributed by atoms with Crippen LogP contribution < -0.4 is 5.32 Å². The van der Waals surface area contributed by atoms with Gasteiger partial charge < -0.3 is 10.4 Å². The summed E-state index contributed by atoms with van der Waals surface area (Å²) in [5, 5.41) is 16.8. The van der Waals surface area contributed by atoms with Crippen LogP contribution in [-0.2, 0) is 4.79 Å². The van der Waals surface area contributed by atoms with E-state index in [1.807, 2.05) is 26.0 Å². The molecule has 5 nitrogen and oxygen atoms in total. The van der Waals surface area contributed by atoms with E-state index in [9.17, 15) is 14.3 Å². The molecule has 2 aromatic carbocycles. The Morgan fingerprint density at radius 1 is 1.15 bits per heavy atom. The number of thioether (sulfide) groups is 1. The molecule has 4 rings (SSSR count). The molecular formula is C20H18FN3O2S. The van der Waals surface area contributed by atoms with Crippen LogP contribution >= 0.6 is 11.8 Å². The second kappa shape index (κ2) is 6.74. The molecule has 0 fully saturated rings. The normalized spacial score (nSPS) is 19.3. The molecule has 0 radical (unpaired) electrons. The summed E-state index contributed by atoms with van der Waals surface area (Å²) in [7, 11) is 0. The van der Waals surface area contributed by atoms with Gasteiger partial charge in [0.25, 0.3) is 0 Å². The van der Waals surface area contributed by atoms with E-state index in [1.54, 1.807) is 28.9 Å². The number of benzene rings is 2. The van der Waals surface area contributed by atoms with E-state index >= 15 is 0 Å². The highest BCUT2D eigenvalue weighted by molar-refractivity contribution is 8.01. The Labute approximate surface area is 160 Å². The van der Waals surface area contributed by atoms with Gasteiger partial charge in [-0.05, 0) is 55.8 Å². The third-order valence-electron chi connectivity index (χ3n) is 4.59. The number of aryl methyl sites for hydroxylation is 1. The van der Waals surface area contributed by atoms with Crippen LogP contribution in [0.3, 0.4) is 0 Å². The minimum absolute atomic E-state index is 0.106. The Balaban J connectivity index is 1.89. The summed E-state index contributed by atoms with van der Waals surface area (Å²) in [4.78, 5) is 12.6. The Morgan fingerprint density at radius 3 is 2.48 bits per heavy atom. The Kier molecular flexibility index (Phi) is 4.39. The van der Waals surface area contributed by atoms with Crippen molar-refractivity contribution in [1.82, 2.24) is 9.78 Å². The highest BCUT2D eigenvalue weighted by Crippen LogP contribution is 2.46. The minimum atomic E-state index is -0.330. The van der Waals surface area contributed by atoms with Crippen LogP contribution in [-0.4, -0.2) is 26.0 Å². The van der Waals surface area contributed by atoms with E-state index in [0.717, 1.165) is 16.8 Å². The maximum atomic E-state index is 13.3. The fourth-order valence-electron chi connectivity index (χ4n) is 3.19.